The van der Waals surface area contributed by atoms with Crippen molar-refractivity contribution in [3.05, 3.63) is 48.3 Å². The van der Waals surface area contributed by atoms with Crippen LogP contribution in [0.2, 0.25) is 0 Å². The SMILES string of the molecule is C=CCn1c(C)nnc1SCCOc1cccc(C(=O)OC)c1. The van der Waals surface area contributed by atoms with Crippen molar-refractivity contribution >= 4 is 17.7 Å². The van der Waals surface area contributed by atoms with Crippen LogP contribution in [0.3, 0.4) is 0 Å². The molecule has 0 saturated heterocycles. The number of carbonyl (C=O) groups is 1. The van der Waals surface area contributed by atoms with Crippen molar-refractivity contribution in [3.63, 3.8) is 0 Å². The summed E-state index contributed by atoms with van der Waals surface area (Å²) in [5.74, 6) is 1.84. The fourth-order valence-corrected chi connectivity index (χ4v) is 2.74. The second-order valence-corrected chi connectivity index (χ2v) is 5.71. The number of aromatic nitrogens is 3. The second kappa shape index (κ2) is 8.38. The highest BCUT2D eigenvalue weighted by Crippen LogP contribution is 2.18. The fraction of sp³-hybridized carbons (Fsp3) is 0.312. The molecular formula is C16H19N3O3S. The van der Waals surface area contributed by atoms with Crippen LogP contribution in [0.25, 0.3) is 0 Å². The van der Waals surface area contributed by atoms with Crippen LogP contribution in [0.4, 0.5) is 0 Å². The van der Waals surface area contributed by atoms with E-state index in [-0.39, 0.29) is 5.97 Å². The molecule has 0 fully saturated rings. The van der Waals surface area contributed by atoms with Crippen molar-refractivity contribution in [2.45, 2.75) is 18.6 Å². The zero-order valence-electron chi connectivity index (χ0n) is 13.2. The molecule has 0 atom stereocenters. The molecule has 0 bridgehead atoms. The van der Waals surface area contributed by atoms with Gasteiger partial charge in [0.15, 0.2) is 5.16 Å². The molecule has 0 aliphatic carbocycles. The van der Waals surface area contributed by atoms with Crippen molar-refractivity contribution in [3.8, 4) is 5.75 Å². The lowest BCUT2D eigenvalue weighted by molar-refractivity contribution is 0.0600. The fourth-order valence-electron chi connectivity index (χ4n) is 1.93. The summed E-state index contributed by atoms with van der Waals surface area (Å²) in [5.41, 5.74) is 0.471. The third-order valence-electron chi connectivity index (χ3n) is 3.05. The lowest BCUT2D eigenvalue weighted by atomic mass is 10.2. The van der Waals surface area contributed by atoms with Crippen LogP contribution in [-0.4, -0.2) is 40.2 Å². The molecule has 1 heterocycles. The van der Waals surface area contributed by atoms with Crippen LogP contribution >= 0.6 is 11.8 Å². The molecule has 2 aromatic rings. The van der Waals surface area contributed by atoms with Crippen LogP contribution in [0.1, 0.15) is 16.2 Å². The first-order chi connectivity index (χ1) is 11.2. The number of nitrogens with zero attached hydrogens (tertiary/aromatic N) is 3. The lowest BCUT2D eigenvalue weighted by Crippen LogP contribution is -2.05. The standard InChI is InChI=1S/C16H19N3O3S/c1-4-8-19-12(2)17-18-16(19)23-10-9-22-14-7-5-6-13(11-14)15(20)21-3/h4-7,11H,1,8-10H2,2-3H3. The zero-order valence-corrected chi connectivity index (χ0v) is 14.0. The maximum absolute atomic E-state index is 11.5. The van der Waals surface area contributed by atoms with E-state index in [4.69, 9.17) is 4.74 Å². The molecular weight excluding hydrogens is 314 g/mol. The van der Waals surface area contributed by atoms with E-state index in [1.54, 1.807) is 30.0 Å². The minimum Gasteiger partial charge on any atom is -0.493 e. The number of hydrogen-bond donors (Lipinski definition) is 0. The van der Waals surface area contributed by atoms with E-state index in [2.05, 4.69) is 21.5 Å². The summed E-state index contributed by atoms with van der Waals surface area (Å²) in [6.45, 7) is 6.83. The Hall–Kier alpha value is -2.28. The Morgan fingerprint density at radius 1 is 1.43 bits per heavy atom. The molecule has 1 aromatic heterocycles. The normalized spacial score (nSPS) is 10.3. The van der Waals surface area contributed by atoms with E-state index in [1.807, 2.05) is 23.6 Å². The number of rotatable bonds is 8. The Kier molecular flexibility index (Phi) is 6.22. The molecule has 0 amide bonds. The Bertz CT molecular complexity index is 685. The van der Waals surface area contributed by atoms with Crippen molar-refractivity contribution < 1.29 is 14.3 Å². The third kappa shape index (κ3) is 4.59. The first-order valence-corrected chi connectivity index (χ1v) is 8.09. The zero-order chi connectivity index (χ0) is 16.7. The second-order valence-electron chi connectivity index (χ2n) is 4.65. The van der Waals surface area contributed by atoms with Gasteiger partial charge < -0.3 is 14.0 Å². The molecule has 2 rings (SSSR count). The van der Waals surface area contributed by atoms with Crippen molar-refractivity contribution in [2.75, 3.05) is 19.5 Å². The van der Waals surface area contributed by atoms with Gasteiger partial charge in [-0.25, -0.2) is 4.79 Å². The molecule has 0 radical (unpaired) electrons. The van der Waals surface area contributed by atoms with Gasteiger partial charge in [0.25, 0.3) is 0 Å². The Labute approximate surface area is 139 Å². The number of ether oxygens (including phenoxy) is 2. The quantitative estimate of drug-likeness (QED) is 0.320. The van der Waals surface area contributed by atoms with Gasteiger partial charge in [0.05, 0.1) is 19.3 Å². The molecule has 0 spiro atoms. The van der Waals surface area contributed by atoms with Crippen LogP contribution < -0.4 is 4.74 Å². The van der Waals surface area contributed by atoms with Crippen molar-refractivity contribution in [2.24, 2.45) is 0 Å². The van der Waals surface area contributed by atoms with E-state index in [9.17, 15) is 4.79 Å². The number of hydrogen-bond acceptors (Lipinski definition) is 6. The monoisotopic (exact) mass is 333 g/mol. The average molecular weight is 333 g/mol. The number of esters is 1. The largest absolute Gasteiger partial charge is 0.493 e. The Morgan fingerprint density at radius 2 is 2.26 bits per heavy atom. The minimum absolute atomic E-state index is 0.377. The molecule has 1 aromatic carbocycles. The Morgan fingerprint density at radius 3 is 3.00 bits per heavy atom. The first-order valence-electron chi connectivity index (χ1n) is 7.10. The first kappa shape index (κ1) is 17.1. The summed E-state index contributed by atoms with van der Waals surface area (Å²) < 4.78 is 12.3. The highest BCUT2D eigenvalue weighted by molar-refractivity contribution is 7.99. The predicted molar refractivity (Wildman–Crippen MR) is 89.0 cm³/mol. The van der Waals surface area contributed by atoms with E-state index < -0.39 is 0 Å². The summed E-state index contributed by atoms with van der Waals surface area (Å²) in [4.78, 5) is 11.5. The summed E-state index contributed by atoms with van der Waals surface area (Å²) >= 11 is 1.57. The number of benzene rings is 1. The maximum atomic E-state index is 11.5. The molecule has 23 heavy (non-hydrogen) atoms. The number of allylic oxidation sites excluding steroid dienone is 1. The van der Waals surface area contributed by atoms with Crippen LogP contribution in [-0.2, 0) is 11.3 Å². The highest BCUT2D eigenvalue weighted by Gasteiger charge is 2.09. The van der Waals surface area contributed by atoms with Gasteiger partial charge >= 0.3 is 5.97 Å². The number of carbonyl (C=O) groups excluding carboxylic acids is 1. The smallest absolute Gasteiger partial charge is 0.337 e. The Balaban J connectivity index is 1.86. The molecule has 0 aliphatic heterocycles. The average Bonchev–Trinajstić information content (AvgIpc) is 2.92. The van der Waals surface area contributed by atoms with E-state index >= 15 is 0 Å². The van der Waals surface area contributed by atoms with Crippen molar-refractivity contribution in [1.82, 2.24) is 14.8 Å². The van der Waals surface area contributed by atoms with E-state index in [1.165, 1.54) is 7.11 Å². The van der Waals surface area contributed by atoms with Crippen molar-refractivity contribution in [1.29, 1.82) is 0 Å². The third-order valence-corrected chi connectivity index (χ3v) is 3.98. The summed E-state index contributed by atoms with van der Waals surface area (Å²) in [5, 5.41) is 9.05. The van der Waals surface area contributed by atoms with Crippen LogP contribution in [0, 0.1) is 6.92 Å². The van der Waals surface area contributed by atoms with Gasteiger partial charge in [0, 0.05) is 12.3 Å². The number of aryl methyl sites for hydroxylation is 1. The van der Waals surface area contributed by atoms with Gasteiger partial charge in [-0.1, -0.05) is 23.9 Å². The molecule has 0 aliphatic rings. The van der Waals surface area contributed by atoms with Gasteiger partial charge in [0.1, 0.15) is 11.6 Å². The number of thioether (sulfide) groups is 1. The molecule has 0 unspecified atom stereocenters. The predicted octanol–water partition coefficient (Wildman–Crippen LogP) is 2.73. The summed E-state index contributed by atoms with van der Waals surface area (Å²) in [6.07, 6.45) is 1.81. The molecule has 122 valence electrons. The van der Waals surface area contributed by atoms with Gasteiger partial charge in [-0.15, -0.1) is 16.8 Å². The van der Waals surface area contributed by atoms with Crippen LogP contribution in [0.5, 0.6) is 5.75 Å². The molecule has 7 heteroatoms. The summed E-state index contributed by atoms with van der Waals surface area (Å²) in [6, 6.07) is 6.93. The highest BCUT2D eigenvalue weighted by atomic mass is 32.2. The number of methoxy groups -OCH3 is 1. The van der Waals surface area contributed by atoms with E-state index in [0.717, 1.165) is 16.7 Å². The van der Waals surface area contributed by atoms with Crippen LogP contribution in [0.15, 0.2) is 42.1 Å². The molecule has 0 saturated carbocycles. The van der Waals surface area contributed by atoms with E-state index in [0.29, 0.717) is 24.5 Å². The van der Waals surface area contributed by atoms with Gasteiger partial charge in [0.2, 0.25) is 0 Å². The van der Waals surface area contributed by atoms with Gasteiger partial charge in [-0.05, 0) is 25.1 Å². The van der Waals surface area contributed by atoms with Gasteiger partial charge in [-0.2, -0.15) is 0 Å². The minimum atomic E-state index is -0.377. The molecule has 6 nitrogen and oxygen atoms in total. The van der Waals surface area contributed by atoms with Gasteiger partial charge in [-0.3, -0.25) is 0 Å². The lowest BCUT2D eigenvalue weighted by Gasteiger charge is -2.08. The maximum Gasteiger partial charge on any atom is 0.337 e. The topological polar surface area (TPSA) is 66.2 Å². The summed E-state index contributed by atoms with van der Waals surface area (Å²) in [7, 11) is 1.36. The molecule has 0 N–H and O–H groups in total.